The molecule has 1 amide bonds. The number of benzene rings is 1. The number of aryl methyl sites for hydroxylation is 3. The molecule has 1 aromatic rings. The van der Waals surface area contributed by atoms with Crippen LogP contribution in [-0.4, -0.2) is 49.8 Å². The van der Waals surface area contributed by atoms with E-state index in [1.165, 1.54) is 5.56 Å². The second kappa shape index (κ2) is 9.04. The third kappa shape index (κ3) is 5.21. The minimum Gasteiger partial charge on any atom is -0.483 e. The summed E-state index contributed by atoms with van der Waals surface area (Å²) in [5, 5.41) is 0. The van der Waals surface area contributed by atoms with Gasteiger partial charge in [-0.25, -0.2) is 0 Å². The molecule has 1 fully saturated rings. The number of nitrogens with zero attached hydrogens (tertiary/aromatic N) is 1. The number of ether oxygens (including phenoxy) is 2. The summed E-state index contributed by atoms with van der Waals surface area (Å²) in [4.78, 5) is 14.2. The lowest BCUT2D eigenvalue weighted by Crippen LogP contribution is -2.43. The van der Waals surface area contributed by atoms with Crippen molar-refractivity contribution in [1.82, 2.24) is 4.90 Å². The van der Waals surface area contributed by atoms with Crippen LogP contribution in [0.4, 0.5) is 0 Å². The van der Waals surface area contributed by atoms with Crippen molar-refractivity contribution in [2.24, 2.45) is 5.73 Å². The summed E-state index contributed by atoms with van der Waals surface area (Å²) in [7, 11) is 0. The van der Waals surface area contributed by atoms with Crippen molar-refractivity contribution < 1.29 is 14.3 Å². The van der Waals surface area contributed by atoms with Crippen LogP contribution in [0.5, 0.6) is 5.75 Å². The number of amides is 1. The molecule has 1 aliphatic heterocycles. The van der Waals surface area contributed by atoms with E-state index < -0.39 is 0 Å². The Bertz CT molecular complexity index is 529. The molecule has 1 saturated heterocycles. The van der Waals surface area contributed by atoms with Gasteiger partial charge in [0.15, 0.2) is 6.61 Å². The summed E-state index contributed by atoms with van der Waals surface area (Å²) < 4.78 is 11.6. The van der Waals surface area contributed by atoms with Gasteiger partial charge in [0.25, 0.3) is 5.91 Å². The third-order valence-corrected chi connectivity index (χ3v) is 4.44. The van der Waals surface area contributed by atoms with E-state index in [4.69, 9.17) is 15.2 Å². The van der Waals surface area contributed by atoms with Gasteiger partial charge in [0.2, 0.25) is 0 Å². The first-order chi connectivity index (χ1) is 11.5. The molecule has 134 valence electrons. The topological polar surface area (TPSA) is 64.8 Å². The Hall–Kier alpha value is -1.59. The molecule has 0 spiro atoms. The quantitative estimate of drug-likeness (QED) is 0.778. The van der Waals surface area contributed by atoms with Crippen molar-refractivity contribution in [2.45, 2.75) is 46.1 Å². The maximum Gasteiger partial charge on any atom is 0.260 e. The number of carbonyl (C=O) groups excluding carboxylic acids is 1. The van der Waals surface area contributed by atoms with E-state index in [2.05, 4.69) is 19.1 Å². The van der Waals surface area contributed by atoms with E-state index in [9.17, 15) is 4.79 Å². The predicted octanol–water partition coefficient (Wildman–Crippen LogP) is 2.35. The fraction of sp³-hybridized carbons (Fsp3) is 0.632. The van der Waals surface area contributed by atoms with Gasteiger partial charge in [-0.15, -0.1) is 0 Å². The van der Waals surface area contributed by atoms with Crippen LogP contribution in [0.1, 0.15) is 36.0 Å². The SMILES string of the molecule is Cc1cc(C)c(OCC(=O)N2CCC(OCCCN)CC2)c(C)c1. The summed E-state index contributed by atoms with van der Waals surface area (Å²) in [6.07, 6.45) is 2.92. The van der Waals surface area contributed by atoms with Crippen LogP contribution in [0.2, 0.25) is 0 Å². The van der Waals surface area contributed by atoms with Crippen LogP contribution >= 0.6 is 0 Å². The van der Waals surface area contributed by atoms with Gasteiger partial charge in [-0.1, -0.05) is 17.7 Å². The van der Waals surface area contributed by atoms with E-state index in [0.717, 1.165) is 49.2 Å². The Morgan fingerprint density at radius 2 is 1.83 bits per heavy atom. The lowest BCUT2D eigenvalue weighted by molar-refractivity contribution is -0.136. The minimum absolute atomic E-state index is 0.0507. The largest absolute Gasteiger partial charge is 0.483 e. The Morgan fingerprint density at radius 3 is 2.42 bits per heavy atom. The Morgan fingerprint density at radius 1 is 1.21 bits per heavy atom. The van der Waals surface area contributed by atoms with E-state index in [1.54, 1.807) is 0 Å². The fourth-order valence-corrected chi connectivity index (χ4v) is 3.22. The second-order valence-electron chi connectivity index (χ2n) is 6.61. The first-order valence-corrected chi connectivity index (χ1v) is 8.81. The van der Waals surface area contributed by atoms with Gasteiger partial charge >= 0.3 is 0 Å². The molecular formula is C19H30N2O3. The van der Waals surface area contributed by atoms with Crippen LogP contribution in [0.3, 0.4) is 0 Å². The van der Waals surface area contributed by atoms with E-state index in [0.29, 0.717) is 13.2 Å². The van der Waals surface area contributed by atoms with Gasteiger partial charge in [0.05, 0.1) is 6.10 Å². The molecule has 2 N–H and O–H groups in total. The number of carbonyl (C=O) groups is 1. The van der Waals surface area contributed by atoms with Crippen molar-refractivity contribution >= 4 is 5.91 Å². The molecule has 1 aromatic carbocycles. The van der Waals surface area contributed by atoms with Crippen molar-refractivity contribution in [1.29, 1.82) is 0 Å². The van der Waals surface area contributed by atoms with Crippen LogP contribution < -0.4 is 10.5 Å². The number of hydrogen-bond donors (Lipinski definition) is 1. The molecule has 0 aromatic heterocycles. The van der Waals surface area contributed by atoms with Crippen LogP contribution in [-0.2, 0) is 9.53 Å². The predicted molar refractivity (Wildman–Crippen MR) is 95.4 cm³/mol. The fourth-order valence-electron chi connectivity index (χ4n) is 3.22. The van der Waals surface area contributed by atoms with Gasteiger partial charge in [-0.05, 0) is 57.7 Å². The number of nitrogens with two attached hydrogens (primary N) is 1. The van der Waals surface area contributed by atoms with Gasteiger partial charge in [0.1, 0.15) is 5.75 Å². The molecule has 5 heteroatoms. The number of hydrogen-bond acceptors (Lipinski definition) is 4. The Kier molecular flexibility index (Phi) is 7.06. The van der Waals surface area contributed by atoms with Crippen molar-refractivity contribution in [3.8, 4) is 5.75 Å². The van der Waals surface area contributed by atoms with Gasteiger partial charge in [-0.2, -0.15) is 0 Å². The summed E-state index contributed by atoms with van der Waals surface area (Å²) in [5.41, 5.74) is 8.83. The molecule has 0 radical (unpaired) electrons. The molecule has 0 atom stereocenters. The van der Waals surface area contributed by atoms with E-state index in [-0.39, 0.29) is 18.6 Å². The highest BCUT2D eigenvalue weighted by atomic mass is 16.5. The van der Waals surface area contributed by atoms with Gasteiger partial charge in [-0.3, -0.25) is 4.79 Å². The normalized spacial score (nSPS) is 15.6. The summed E-state index contributed by atoms with van der Waals surface area (Å²) in [5.74, 6) is 0.878. The second-order valence-corrected chi connectivity index (χ2v) is 6.61. The zero-order valence-electron chi connectivity index (χ0n) is 15.1. The Labute approximate surface area is 145 Å². The summed E-state index contributed by atoms with van der Waals surface area (Å²) in [6, 6.07) is 4.16. The molecule has 2 rings (SSSR count). The smallest absolute Gasteiger partial charge is 0.260 e. The highest BCUT2D eigenvalue weighted by Gasteiger charge is 2.23. The van der Waals surface area contributed by atoms with Crippen LogP contribution in [0.15, 0.2) is 12.1 Å². The third-order valence-electron chi connectivity index (χ3n) is 4.44. The van der Waals surface area contributed by atoms with Crippen LogP contribution in [0.25, 0.3) is 0 Å². The molecule has 0 saturated carbocycles. The summed E-state index contributed by atoms with van der Waals surface area (Å²) >= 11 is 0. The molecular weight excluding hydrogens is 304 g/mol. The van der Waals surface area contributed by atoms with Gasteiger partial charge in [0, 0.05) is 19.7 Å². The van der Waals surface area contributed by atoms with E-state index in [1.807, 2.05) is 18.7 Å². The number of likely N-dealkylation sites (tertiary alicyclic amines) is 1. The molecule has 24 heavy (non-hydrogen) atoms. The van der Waals surface area contributed by atoms with Crippen LogP contribution in [0, 0.1) is 20.8 Å². The van der Waals surface area contributed by atoms with Crippen molar-refractivity contribution in [3.63, 3.8) is 0 Å². The van der Waals surface area contributed by atoms with E-state index >= 15 is 0 Å². The molecule has 5 nitrogen and oxygen atoms in total. The lowest BCUT2D eigenvalue weighted by Gasteiger charge is -2.32. The zero-order chi connectivity index (χ0) is 17.5. The lowest BCUT2D eigenvalue weighted by atomic mass is 10.1. The molecule has 0 bridgehead atoms. The number of piperidine rings is 1. The number of rotatable bonds is 7. The average molecular weight is 334 g/mol. The average Bonchev–Trinajstić information content (AvgIpc) is 2.54. The molecule has 1 heterocycles. The molecule has 1 aliphatic rings. The standard InChI is InChI=1S/C19H30N2O3/c1-14-11-15(2)19(16(3)12-14)24-13-18(22)21-8-5-17(6-9-21)23-10-4-7-20/h11-12,17H,4-10,13,20H2,1-3H3. The monoisotopic (exact) mass is 334 g/mol. The van der Waals surface area contributed by atoms with Crippen molar-refractivity contribution in [3.05, 3.63) is 28.8 Å². The maximum atomic E-state index is 12.4. The zero-order valence-corrected chi connectivity index (χ0v) is 15.1. The highest BCUT2D eigenvalue weighted by molar-refractivity contribution is 5.78. The highest BCUT2D eigenvalue weighted by Crippen LogP contribution is 2.24. The van der Waals surface area contributed by atoms with Gasteiger partial charge < -0.3 is 20.1 Å². The first-order valence-electron chi connectivity index (χ1n) is 8.81. The maximum absolute atomic E-state index is 12.4. The first kappa shape index (κ1) is 18.7. The molecule has 0 unspecified atom stereocenters. The minimum atomic E-state index is 0.0507. The van der Waals surface area contributed by atoms with Crippen molar-refractivity contribution in [2.75, 3.05) is 32.8 Å². The molecule has 0 aliphatic carbocycles. The summed E-state index contributed by atoms with van der Waals surface area (Å²) in [6.45, 7) is 9.05. The Balaban J connectivity index is 1.78.